The minimum Gasteiger partial charge on any atom is -0.347 e. The minimum absolute atomic E-state index is 0.0665. The summed E-state index contributed by atoms with van der Waals surface area (Å²) in [6.45, 7) is 1.92. The normalized spacial score (nSPS) is 17.4. The summed E-state index contributed by atoms with van der Waals surface area (Å²) in [6, 6.07) is 2.47. The summed E-state index contributed by atoms with van der Waals surface area (Å²) in [6.07, 6.45) is 2.76. The fraction of sp³-hybridized carbons (Fsp3) is 0.417. The van der Waals surface area contributed by atoms with Crippen LogP contribution in [0.5, 0.6) is 0 Å². The first kappa shape index (κ1) is 15.9. The third-order valence-electron chi connectivity index (χ3n) is 3.42. The monoisotopic (exact) mass is 355 g/mol. The highest BCUT2D eigenvalue weighted by Gasteiger charge is 2.35. The van der Waals surface area contributed by atoms with Gasteiger partial charge in [0, 0.05) is 16.2 Å². The SMILES string of the molecule is CC1(NC(=O)c2c(Cl)ccc(S(=O)(=O)Cl)c2Cl)CCC1. The summed E-state index contributed by atoms with van der Waals surface area (Å²) in [4.78, 5) is 11.9. The number of carbonyl (C=O) groups is 1. The topological polar surface area (TPSA) is 63.2 Å². The summed E-state index contributed by atoms with van der Waals surface area (Å²) in [7, 11) is 1.24. The Balaban J connectivity index is 2.43. The first-order valence-electron chi connectivity index (χ1n) is 5.89. The third kappa shape index (κ3) is 3.06. The fourth-order valence-corrected chi connectivity index (χ4v) is 4.00. The lowest BCUT2D eigenvalue weighted by molar-refractivity contribution is 0.0850. The van der Waals surface area contributed by atoms with Gasteiger partial charge in [0.1, 0.15) is 4.90 Å². The van der Waals surface area contributed by atoms with Crippen LogP contribution in [0, 0.1) is 0 Å². The molecule has 1 aromatic rings. The van der Waals surface area contributed by atoms with Crippen molar-refractivity contribution in [3.05, 3.63) is 27.7 Å². The molecule has 0 aromatic heterocycles. The van der Waals surface area contributed by atoms with E-state index in [1.165, 1.54) is 12.1 Å². The molecule has 1 N–H and O–H groups in total. The van der Waals surface area contributed by atoms with Crippen molar-refractivity contribution in [2.24, 2.45) is 0 Å². The Labute approximate surface area is 131 Å². The van der Waals surface area contributed by atoms with Crippen LogP contribution < -0.4 is 5.32 Å². The Hall–Kier alpha value is -0.490. The lowest BCUT2D eigenvalue weighted by Crippen LogP contribution is -2.51. The van der Waals surface area contributed by atoms with Gasteiger partial charge in [-0.1, -0.05) is 23.2 Å². The van der Waals surface area contributed by atoms with Crippen LogP contribution in [0.25, 0.3) is 0 Å². The molecule has 0 aliphatic heterocycles. The molecule has 1 amide bonds. The fourth-order valence-electron chi connectivity index (χ4n) is 2.10. The Morgan fingerprint density at radius 3 is 2.35 bits per heavy atom. The molecule has 20 heavy (non-hydrogen) atoms. The number of rotatable bonds is 3. The number of nitrogens with one attached hydrogen (secondary N) is 1. The van der Waals surface area contributed by atoms with Gasteiger partial charge in [-0.15, -0.1) is 0 Å². The predicted molar refractivity (Wildman–Crippen MR) is 79.2 cm³/mol. The van der Waals surface area contributed by atoms with E-state index in [0.29, 0.717) is 0 Å². The summed E-state index contributed by atoms with van der Waals surface area (Å²) >= 11 is 11.9. The van der Waals surface area contributed by atoms with Crippen LogP contribution in [0.2, 0.25) is 10.0 Å². The second kappa shape index (κ2) is 5.37. The van der Waals surface area contributed by atoms with E-state index in [0.717, 1.165) is 19.3 Å². The van der Waals surface area contributed by atoms with E-state index in [1.807, 2.05) is 6.92 Å². The number of hydrogen-bond donors (Lipinski definition) is 1. The number of benzene rings is 1. The number of carbonyl (C=O) groups excluding carboxylic acids is 1. The Morgan fingerprint density at radius 2 is 1.90 bits per heavy atom. The quantitative estimate of drug-likeness (QED) is 0.842. The zero-order valence-corrected chi connectivity index (χ0v) is 13.6. The van der Waals surface area contributed by atoms with E-state index < -0.39 is 15.0 Å². The maximum atomic E-state index is 12.3. The van der Waals surface area contributed by atoms with Crippen LogP contribution in [-0.2, 0) is 9.05 Å². The van der Waals surface area contributed by atoms with E-state index in [9.17, 15) is 13.2 Å². The Morgan fingerprint density at radius 1 is 1.30 bits per heavy atom. The minimum atomic E-state index is -4.04. The molecule has 1 saturated carbocycles. The summed E-state index contributed by atoms with van der Waals surface area (Å²) in [5.74, 6) is -0.496. The predicted octanol–water partition coefficient (Wildman–Crippen LogP) is 3.59. The van der Waals surface area contributed by atoms with Crippen LogP contribution >= 0.6 is 33.9 Å². The molecular formula is C12H12Cl3NO3S. The van der Waals surface area contributed by atoms with Gasteiger partial charge in [-0.2, -0.15) is 0 Å². The van der Waals surface area contributed by atoms with Crippen LogP contribution in [0.15, 0.2) is 17.0 Å². The van der Waals surface area contributed by atoms with Crippen molar-refractivity contribution in [2.45, 2.75) is 36.6 Å². The number of halogens is 3. The summed E-state index contributed by atoms with van der Waals surface area (Å²) in [5.41, 5.74) is -0.359. The molecule has 0 atom stereocenters. The van der Waals surface area contributed by atoms with Crippen LogP contribution in [-0.4, -0.2) is 19.9 Å². The molecule has 0 unspecified atom stereocenters. The molecule has 1 fully saturated rings. The Kier molecular flexibility index (Phi) is 4.27. The van der Waals surface area contributed by atoms with Crippen molar-refractivity contribution in [1.82, 2.24) is 5.32 Å². The van der Waals surface area contributed by atoms with Gasteiger partial charge in [0.15, 0.2) is 0 Å². The van der Waals surface area contributed by atoms with Crippen LogP contribution in [0.3, 0.4) is 0 Å². The zero-order chi connectivity index (χ0) is 15.1. The van der Waals surface area contributed by atoms with Crippen molar-refractivity contribution < 1.29 is 13.2 Å². The van der Waals surface area contributed by atoms with Crippen molar-refractivity contribution in [2.75, 3.05) is 0 Å². The van der Waals surface area contributed by atoms with Gasteiger partial charge >= 0.3 is 0 Å². The van der Waals surface area contributed by atoms with E-state index in [2.05, 4.69) is 5.32 Å². The molecule has 1 aliphatic carbocycles. The first-order chi connectivity index (χ1) is 9.14. The molecule has 0 bridgehead atoms. The summed E-state index contributed by atoms with van der Waals surface area (Å²) in [5, 5.41) is 2.65. The second-order valence-corrected chi connectivity index (χ2v) is 8.36. The van der Waals surface area contributed by atoms with Crippen molar-refractivity contribution in [3.8, 4) is 0 Å². The highest BCUT2D eigenvalue weighted by Crippen LogP contribution is 2.35. The maximum Gasteiger partial charge on any atom is 0.262 e. The van der Waals surface area contributed by atoms with Crippen molar-refractivity contribution in [3.63, 3.8) is 0 Å². The van der Waals surface area contributed by atoms with E-state index >= 15 is 0 Å². The first-order valence-corrected chi connectivity index (χ1v) is 8.96. The molecule has 110 valence electrons. The van der Waals surface area contributed by atoms with E-state index in [-0.39, 0.29) is 26.0 Å². The average Bonchev–Trinajstić information content (AvgIpc) is 2.24. The molecule has 0 saturated heterocycles. The maximum absolute atomic E-state index is 12.3. The molecule has 1 aliphatic rings. The molecule has 0 radical (unpaired) electrons. The van der Waals surface area contributed by atoms with Crippen molar-refractivity contribution >= 4 is 48.8 Å². The second-order valence-electron chi connectivity index (χ2n) is 5.04. The average molecular weight is 357 g/mol. The highest BCUT2D eigenvalue weighted by atomic mass is 35.7. The van der Waals surface area contributed by atoms with Crippen LogP contribution in [0.4, 0.5) is 0 Å². The Bertz CT molecular complexity index is 669. The highest BCUT2D eigenvalue weighted by molar-refractivity contribution is 8.13. The van der Waals surface area contributed by atoms with Crippen molar-refractivity contribution in [1.29, 1.82) is 0 Å². The van der Waals surface area contributed by atoms with Gasteiger partial charge < -0.3 is 5.32 Å². The lowest BCUT2D eigenvalue weighted by Gasteiger charge is -2.39. The molecule has 4 nitrogen and oxygen atoms in total. The zero-order valence-electron chi connectivity index (χ0n) is 10.5. The molecule has 0 heterocycles. The van der Waals surface area contributed by atoms with Gasteiger partial charge in [-0.3, -0.25) is 4.79 Å². The molecule has 8 heteroatoms. The third-order valence-corrected chi connectivity index (χ3v) is 5.60. The van der Waals surface area contributed by atoms with Gasteiger partial charge in [0.25, 0.3) is 15.0 Å². The van der Waals surface area contributed by atoms with Crippen LogP contribution in [0.1, 0.15) is 36.5 Å². The van der Waals surface area contributed by atoms with Gasteiger partial charge in [0.05, 0.1) is 15.6 Å². The van der Waals surface area contributed by atoms with E-state index in [1.54, 1.807) is 0 Å². The molecule has 1 aromatic carbocycles. The van der Waals surface area contributed by atoms with Gasteiger partial charge in [-0.25, -0.2) is 8.42 Å². The van der Waals surface area contributed by atoms with Gasteiger partial charge in [0.2, 0.25) is 0 Å². The number of amides is 1. The molecule has 0 spiro atoms. The van der Waals surface area contributed by atoms with Gasteiger partial charge in [-0.05, 0) is 38.3 Å². The summed E-state index contributed by atoms with van der Waals surface area (Å²) < 4.78 is 22.8. The number of hydrogen-bond acceptors (Lipinski definition) is 3. The standard InChI is InChI=1S/C12H12Cl3NO3S/c1-12(5-2-6-12)16-11(17)9-7(13)3-4-8(10(9)14)20(15,18)19/h3-4H,2,5-6H2,1H3,(H,16,17). The smallest absolute Gasteiger partial charge is 0.262 e. The molecular weight excluding hydrogens is 345 g/mol. The lowest BCUT2D eigenvalue weighted by atomic mass is 9.78. The molecule has 2 rings (SSSR count). The largest absolute Gasteiger partial charge is 0.347 e. The van der Waals surface area contributed by atoms with E-state index in [4.69, 9.17) is 33.9 Å².